The van der Waals surface area contributed by atoms with Crippen LogP contribution < -0.4 is 0 Å². The van der Waals surface area contributed by atoms with Gasteiger partial charge in [0.25, 0.3) is 0 Å². The number of hydrogen-bond donors (Lipinski definition) is 0. The van der Waals surface area contributed by atoms with Crippen molar-refractivity contribution in [1.82, 2.24) is 0 Å². The third-order valence-corrected chi connectivity index (χ3v) is 1.82. The molecule has 54 valence electrons. The molecule has 0 atom stereocenters. The summed E-state index contributed by atoms with van der Waals surface area (Å²) in [6, 6.07) is 4.02. The van der Waals surface area contributed by atoms with E-state index in [2.05, 4.69) is 5.16 Å². The topological polar surface area (TPSA) is 21.6 Å². The zero-order chi connectivity index (χ0) is 7.23. The first-order chi connectivity index (χ1) is 4.93. The third kappa shape index (κ3) is 2.19. The zero-order valence-electron chi connectivity index (χ0n) is 5.78. The van der Waals surface area contributed by atoms with Crippen molar-refractivity contribution < 1.29 is 4.84 Å². The summed E-state index contributed by atoms with van der Waals surface area (Å²) in [5.74, 6) is 0. The van der Waals surface area contributed by atoms with Crippen molar-refractivity contribution in [2.45, 2.75) is 13.5 Å². The summed E-state index contributed by atoms with van der Waals surface area (Å²) in [6.45, 7) is 2.41. The molecule has 0 aliphatic rings. The Labute approximate surface area is 64.1 Å². The fourth-order valence-corrected chi connectivity index (χ4v) is 1.18. The minimum atomic E-state index is 0.585. The molecular weight excluding hydrogens is 146 g/mol. The van der Waals surface area contributed by atoms with Gasteiger partial charge in [-0.2, -0.15) is 0 Å². The molecule has 2 nitrogen and oxygen atoms in total. The molecule has 1 aromatic heterocycles. The summed E-state index contributed by atoms with van der Waals surface area (Å²) in [7, 11) is 0. The molecule has 0 bridgehead atoms. The highest BCUT2D eigenvalue weighted by atomic mass is 32.1. The third-order valence-electron chi connectivity index (χ3n) is 0.967. The molecule has 0 aliphatic carbocycles. The van der Waals surface area contributed by atoms with E-state index >= 15 is 0 Å². The van der Waals surface area contributed by atoms with Crippen LogP contribution in [0.1, 0.15) is 11.8 Å². The maximum absolute atomic E-state index is 4.91. The average molecular weight is 155 g/mol. The Morgan fingerprint density at radius 3 is 3.30 bits per heavy atom. The zero-order valence-corrected chi connectivity index (χ0v) is 6.60. The van der Waals surface area contributed by atoms with Crippen LogP contribution in [0.2, 0.25) is 0 Å². The van der Waals surface area contributed by atoms with E-state index in [1.165, 1.54) is 4.88 Å². The lowest BCUT2D eigenvalue weighted by molar-refractivity contribution is 0.134. The second-order valence-electron chi connectivity index (χ2n) is 1.72. The van der Waals surface area contributed by atoms with Crippen LogP contribution >= 0.6 is 11.3 Å². The van der Waals surface area contributed by atoms with E-state index in [4.69, 9.17) is 4.84 Å². The predicted octanol–water partition coefficient (Wildman–Crippen LogP) is 2.27. The Hall–Kier alpha value is -0.830. The Bertz CT molecular complexity index is 193. The van der Waals surface area contributed by atoms with Gasteiger partial charge < -0.3 is 4.84 Å². The highest BCUT2D eigenvalue weighted by Gasteiger charge is 1.89. The highest BCUT2D eigenvalue weighted by molar-refractivity contribution is 7.09. The van der Waals surface area contributed by atoms with E-state index in [1.807, 2.05) is 24.4 Å². The molecule has 0 saturated carbocycles. The van der Waals surface area contributed by atoms with Gasteiger partial charge >= 0.3 is 0 Å². The van der Waals surface area contributed by atoms with Crippen LogP contribution in [-0.2, 0) is 11.4 Å². The Morgan fingerprint density at radius 2 is 2.70 bits per heavy atom. The van der Waals surface area contributed by atoms with Crippen LogP contribution in [0.15, 0.2) is 22.7 Å². The summed E-state index contributed by atoms with van der Waals surface area (Å²) in [5.41, 5.74) is 0. The maximum atomic E-state index is 4.91. The monoisotopic (exact) mass is 155 g/mol. The lowest BCUT2D eigenvalue weighted by Crippen LogP contribution is -1.80. The van der Waals surface area contributed by atoms with E-state index in [0.717, 1.165) is 0 Å². The van der Waals surface area contributed by atoms with E-state index in [0.29, 0.717) is 6.61 Å². The molecule has 0 aromatic carbocycles. The Morgan fingerprint density at radius 1 is 1.80 bits per heavy atom. The van der Waals surface area contributed by atoms with E-state index in [9.17, 15) is 0 Å². The van der Waals surface area contributed by atoms with Crippen molar-refractivity contribution in [2.75, 3.05) is 0 Å². The lowest BCUT2D eigenvalue weighted by Gasteiger charge is -1.92. The molecule has 0 saturated heterocycles. The summed E-state index contributed by atoms with van der Waals surface area (Å²) < 4.78 is 0. The smallest absolute Gasteiger partial charge is 0.151 e. The maximum Gasteiger partial charge on any atom is 0.151 e. The van der Waals surface area contributed by atoms with Crippen LogP contribution in [0.5, 0.6) is 0 Å². The molecule has 0 amide bonds. The molecule has 0 aliphatic heterocycles. The molecule has 0 N–H and O–H groups in total. The van der Waals surface area contributed by atoms with Crippen molar-refractivity contribution in [3.05, 3.63) is 22.4 Å². The summed E-state index contributed by atoms with van der Waals surface area (Å²) >= 11 is 1.67. The van der Waals surface area contributed by atoms with Gasteiger partial charge in [-0.25, -0.2) is 0 Å². The van der Waals surface area contributed by atoms with Gasteiger partial charge in [0.1, 0.15) is 0 Å². The molecular formula is C7H9NOS. The van der Waals surface area contributed by atoms with E-state index in [1.54, 1.807) is 17.6 Å². The molecule has 0 fully saturated rings. The molecule has 1 aromatic rings. The standard InChI is InChI=1S/C7H9NOS/c1-2-8-9-6-7-4-3-5-10-7/h2-5H,6H2,1H3/b8-2-. The quantitative estimate of drug-likeness (QED) is 0.484. The van der Waals surface area contributed by atoms with Crippen molar-refractivity contribution in [2.24, 2.45) is 5.16 Å². The van der Waals surface area contributed by atoms with Gasteiger partial charge in [-0.05, 0) is 18.4 Å². The van der Waals surface area contributed by atoms with Crippen molar-refractivity contribution in [3.63, 3.8) is 0 Å². The lowest BCUT2D eigenvalue weighted by atomic mass is 10.5. The Balaban J connectivity index is 2.28. The SMILES string of the molecule is C/C=N\OCc1cccs1. The van der Waals surface area contributed by atoms with Crippen LogP contribution in [0, 0.1) is 0 Å². The first kappa shape index (κ1) is 7.28. The number of nitrogens with zero attached hydrogens (tertiary/aromatic N) is 1. The first-order valence-corrected chi connectivity index (χ1v) is 3.94. The molecule has 1 heterocycles. The molecule has 0 spiro atoms. The number of hydrogen-bond acceptors (Lipinski definition) is 3. The summed E-state index contributed by atoms with van der Waals surface area (Å²) in [5, 5.41) is 5.65. The van der Waals surface area contributed by atoms with E-state index in [-0.39, 0.29) is 0 Å². The van der Waals surface area contributed by atoms with Gasteiger partial charge in [0, 0.05) is 11.1 Å². The molecule has 0 radical (unpaired) electrons. The number of rotatable bonds is 3. The van der Waals surface area contributed by atoms with Crippen LogP contribution in [0.25, 0.3) is 0 Å². The van der Waals surface area contributed by atoms with Gasteiger partial charge in [0.15, 0.2) is 6.61 Å². The van der Waals surface area contributed by atoms with E-state index < -0.39 is 0 Å². The van der Waals surface area contributed by atoms with Crippen molar-refractivity contribution in [3.8, 4) is 0 Å². The van der Waals surface area contributed by atoms with Crippen LogP contribution in [0.4, 0.5) is 0 Å². The van der Waals surface area contributed by atoms with Gasteiger partial charge in [-0.1, -0.05) is 11.2 Å². The minimum Gasteiger partial charge on any atom is -0.390 e. The molecule has 0 unspecified atom stereocenters. The number of thiophene rings is 1. The summed E-state index contributed by atoms with van der Waals surface area (Å²) in [6.07, 6.45) is 1.63. The van der Waals surface area contributed by atoms with Crippen molar-refractivity contribution >= 4 is 17.6 Å². The largest absolute Gasteiger partial charge is 0.390 e. The fraction of sp³-hybridized carbons (Fsp3) is 0.286. The normalized spacial score (nSPS) is 10.5. The highest BCUT2D eigenvalue weighted by Crippen LogP contribution is 2.09. The minimum absolute atomic E-state index is 0.585. The van der Waals surface area contributed by atoms with Gasteiger partial charge in [0.2, 0.25) is 0 Å². The van der Waals surface area contributed by atoms with Gasteiger partial charge in [-0.3, -0.25) is 0 Å². The fourth-order valence-electron chi connectivity index (χ4n) is 0.570. The van der Waals surface area contributed by atoms with Crippen molar-refractivity contribution in [1.29, 1.82) is 0 Å². The van der Waals surface area contributed by atoms with Gasteiger partial charge in [0.05, 0.1) is 0 Å². The molecule has 1 rings (SSSR count). The van der Waals surface area contributed by atoms with Gasteiger partial charge in [-0.15, -0.1) is 11.3 Å². The first-order valence-electron chi connectivity index (χ1n) is 3.06. The Kier molecular flexibility index (Phi) is 2.96. The summed E-state index contributed by atoms with van der Waals surface area (Å²) in [4.78, 5) is 6.11. The average Bonchev–Trinajstić information content (AvgIpc) is 2.41. The second kappa shape index (κ2) is 4.06. The molecule has 10 heavy (non-hydrogen) atoms. The predicted molar refractivity (Wildman–Crippen MR) is 43.3 cm³/mol. The van der Waals surface area contributed by atoms with Crippen LogP contribution in [0.3, 0.4) is 0 Å². The number of oxime groups is 1. The second-order valence-corrected chi connectivity index (χ2v) is 2.75. The molecule has 3 heteroatoms. The van der Waals surface area contributed by atoms with Crippen LogP contribution in [-0.4, -0.2) is 6.21 Å².